The summed E-state index contributed by atoms with van der Waals surface area (Å²) in [5, 5.41) is 5.30. The molecule has 0 aliphatic carbocycles. The first-order valence-corrected chi connectivity index (χ1v) is 6.89. The van der Waals surface area contributed by atoms with Crippen molar-refractivity contribution in [2.75, 3.05) is 5.32 Å². The van der Waals surface area contributed by atoms with Crippen LogP contribution in [0.3, 0.4) is 0 Å². The summed E-state index contributed by atoms with van der Waals surface area (Å²) >= 11 is 0. The van der Waals surface area contributed by atoms with Crippen molar-refractivity contribution in [3.63, 3.8) is 0 Å². The van der Waals surface area contributed by atoms with E-state index in [-0.39, 0.29) is 12.4 Å². The molecule has 0 spiro atoms. The van der Waals surface area contributed by atoms with Gasteiger partial charge in [0.1, 0.15) is 0 Å². The number of hydrogen-bond donors (Lipinski definition) is 2. The Balaban J connectivity index is 2.07. The maximum absolute atomic E-state index is 11.1. The second-order valence-corrected chi connectivity index (χ2v) is 4.80. The quantitative estimate of drug-likeness (QED) is 0.504. The average molecular weight is 308 g/mol. The van der Waals surface area contributed by atoms with Crippen LogP contribution in [0.5, 0.6) is 0 Å². The van der Waals surface area contributed by atoms with Crippen molar-refractivity contribution in [1.82, 2.24) is 0 Å². The number of guanidine groups is 1. The van der Waals surface area contributed by atoms with Gasteiger partial charge in [0, 0.05) is 10.9 Å². The van der Waals surface area contributed by atoms with E-state index in [0.717, 1.165) is 5.56 Å². The van der Waals surface area contributed by atoms with Gasteiger partial charge >= 0.3 is 0 Å². The lowest BCUT2D eigenvalue weighted by Gasteiger charge is -2.08. The Kier molecular flexibility index (Phi) is 5.35. The molecule has 2 rings (SSSR count). The standard InChI is InChI=1S/C17H16N4O2/c1-12(14-7-3-2-4-8-14)19-17(18)20-15-9-5-6-13(10-15)11-16(22)21-23/h2-10H,1,11H2,(H3,18,19,20). The molecule has 0 saturated carbocycles. The largest absolute Gasteiger partial charge is 0.369 e. The van der Waals surface area contributed by atoms with E-state index in [4.69, 9.17) is 5.73 Å². The summed E-state index contributed by atoms with van der Waals surface area (Å²) < 4.78 is 0. The van der Waals surface area contributed by atoms with Gasteiger partial charge in [-0.1, -0.05) is 49.0 Å². The molecule has 23 heavy (non-hydrogen) atoms. The van der Waals surface area contributed by atoms with E-state index in [0.29, 0.717) is 16.9 Å². The zero-order valence-corrected chi connectivity index (χ0v) is 12.4. The van der Waals surface area contributed by atoms with E-state index in [1.54, 1.807) is 24.3 Å². The summed E-state index contributed by atoms with van der Waals surface area (Å²) in [6.45, 7) is 3.88. The van der Waals surface area contributed by atoms with Gasteiger partial charge in [-0.25, -0.2) is 4.99 Å². The van der Waals surface area contributed by atoms with E-state index in [1.165, 1.54) is 0 Å². The molecule has 6 nitrogen and oxygen atoms in total. The lowest BCUT2D eigenvalue weighted by atomic mass is 10.1. The van der Waals surface area contributed by atoms with Crippen LogP contribution < -0.4 is 11.1 Å². The van der Waals surface area contributed by atoms with Crippen LogP contribution in [0, 0.1) is 4.91 Å². The van der Waals surface area contributed by atoms with Gasteiger partial charge in [0.05, 0.1) is 12.1 Å². The predicted octanol–water partition coefficient (Wildman–Crippen LogP) is 2.92. The number of rotatable bonds is 5. The van der Waals surface area contributed by atoms with E-state index in [1.807, 2.05) is 30.3 Å². The molecule has 6 heteroatoms. The second-order valence-electron chi connectivity index (χ2n) is 4.80. The molecule has 0 bridgehead atoms. The van der Waals surface area contributed by atoms with Gasteiger partial charge in [-0.05, 0) is 23.3 Å². The van der Waals surface area contributed by atoms with Crippen LogP contribution in [-0.4, -0.2) is 11.9 Å². The van der Waals surface area contributed by atoms with Crippen molar-refractivity contribution in [3.8, 4) is 0 Å². The third-order valence-corrected chi connectivity index (χ3v) is 3.02. The third-order valence-electron chi connectivity index (χ3n) is 3.02. The molecule has 1 amide bonds. The molecular weight excluding hydrogens is 292 g/mol. The highest BCUT2D eigenvalue weighted by Crippen LogP contribution is 2.14. The molecule has 2 aromatic rings. The molecule has 0 atom stereocenters. The number of carbonyl (C=O) groups is 1. The fourth-order valence-electron chi connectivity index (χ4n) is 1.98. The Bertz CT molecular complexity index is 754. The van der Waals surface area contributed by atoms with Crippen molar-refractivity contribution in [1.29, 1.82) is 0 Å². The first kappa shape index (κ1) is 16.1. The van der Waals surface area contributed by atoms with E-state index in [9.17, 15) is 9.70 Å². The van der Waals surface area contributed by atoms with Crippen LogP contribution in [-0.2, 0) is 11.2 Å². The SMILES string of the molecule is C=C(N=C(N)Nc1cccc(CC(=O)N=O)c1)c1ccccc1. The number of hydrogen-bond acceptors (Lipinski definition) is 3. The summed E-state index contributed by atoms with van der Waals surface area (Å²) in [7, 11) is 0. The fraction of sp³-hybridized carbons (Fsp3) is 0.0588. The topological polar surface area (TPSA) is 96.9 Å². The van der Waals surface area contributed by atoms with Crippen molar-refractivity contribution < 1.29 is 4.79 Å². The van der Waals surface area contributed by atoms with E-state index >= 15 is 0 Å². The molecule has 0 saturated heterocycles. The summed E-state index contributed by atoms with van der Waals surface area (Å²) in [4.78, 5) is 25.4. The van der Waals surface area contributed by atoms with E-state index < -0.39 is 5.91 Å². The smallest absolute Gasteiger partial charge is 0.290 e. The second kappa shape index (κ2) is 7.65. The molecule has 0 aromatic heterocycles. The Morgan fingerprint density at radius 1 is 1.13 bits per heavy atom. The third kappa shape index (κ3) is 4.89. The molecule has 0 unspecified atom stereocenters. The van der Waals surface area contributed by atoms with Crippen molar-refractivity contribution in [2.45, 2.75) is 6.42 Å². The summed E-state index contributed by atoms with van der Waals surface area (Å²) in [6.07, 6.45) is -0.0488. The number of carbonyl (C=O) groups excluding carboxylic acids is 1. The van der Waals surface area contributed by atoms with E-state index in [2.05, 4.69) is 22.1 Å². The summed E-state index contributed by atoms with van der Waals surface area (Å²) in [5.74, 6) is -0.544. The summed E-state index contributed by atoms with van der Waals surface area (Å²) in [5.41, 5.74) is 8.58. The van der Waals surface area contributed by atoms with Gasteiger partial charge in [-0.2, -0.15) is 0 Å². The number of nitroso groups, excluding NO2 is 1. The molecule has 0 aliphatic heterocycles. The highest BCUT2D eigenvalue weighted by molar-refractivity contribution is 5.95. The number of anilines is 1. The van der Waals surface area contributed by atoms with Crippen LogP contribution in [0.4, 0.5) is 5.69 Å². The van der Waals surface area contributed by atoms with Crippen molar-refractivity contribution >= 4 is 23.3 Å². The molecular formula is C17H16N4O2. The molecule has 0 heterocycles. The fourth-order valence-corrected chi connectivity index (χ4v) is 1.98. The van der Waals surface area contributed by atoms with Crippen LogP contribution >= 0.6 is 0 Å². The number of benzene rings is 2. The Labute approximate surface area is 133 Å². The van der Waals surface area contributed by atoms with Crippen LogP contribution in [0.15, 0.2) is 71.3 Å². The predicted molar refractivity (Wildman–Crippen MR) is 91.7 cm³/mol. The maximum Gasteiger partial charge on any atom is 0.290 e. The lowest BCUT2D eigenvalue weighted by Crippen LogP contribution is -2.22. The number of nitrogens with one attached hydrogen (secondary N) is 1. The van der Waals surface area contributed by atoms with Crippen molar-refractivity contribution in [2.24, 2.45) is 15.9 Å². The van der Waals surface area contributed by atoms with Crippen molar-refractivity contribution in [3.05, 3.63) is 77.2 Å². The number of nitrogens with two attached hydrogens (primary N) is 1. The zero-order valence-electron chi connectivity index (χ0n) is 12.4. The summed E-state index contributed by atoms with van der Waals surface area (Å²) in [6, 6.07) is 16.4. The van der Waals surface area contributed by atoms with Gasteiger partial charge in [0.15, 0.2) is 5.96 Å². The van der Waals surface area contributed by atoms with Gasteiger partial charge < -0.3 is 11.1 Å². The molecule has 0 radical (unpaired) electrons. The highest BCUT2D eigenvalue weighted by Gasteiger charge is 2.05. The van der Waals surface area contributed by atoms with Gasteiger partial charge in [0.2, 0.25) is 0 Å². The Hall–Kier alpha value is -3.28. The molecule has 0 aliphatic rings. The number of amides is 1. The molecule has 2 aromatic carbocycles. The monoisotopic (exact) mass is 308 g/mol. The van der Waals surface area contributed by atoms with Gasteiger partial charge in [-0.15, -0.1) is 4.91 Å². The van der Waals surface area contributed by atoms with Crippen LogP contribution in [0.1, 0.15) is 11.1 Å². The normalized spacial score (nSPS) is 10.9. The minimum atomic E-state index is -0.721. The first-order valence-electron chi connectivity index (χ1n) is 6.89. The lowest BCUT2D eigenvalue weighted by molar-refractivity contribution is -0.117. The Morgan fingerprint density at radius 3 is 2.57 bits per heavy atom. The van der Waals surface area contributed by atoms with Gasteiger partial charge in [-0.3, -0.25) is 4.79 Å². The van der Waals surface area contributed by atoms with Crippen LogP contribution in [0.2, 0.25) is 0 Å². The number of nitrogens with zero attached hydrogens (tertiary/aromatic N) is 2. The molecule has 3 N–H and O–H groups in total. The van der Waals surface area contributed by atoms with Crippen LogP contribution in [0.25, 0.3) is 5.70 Å². The number of aliphatic imine (C=N–C) groups is 1. The zero-order chi connectivity index (χ0) is 16.7. The maximum atomic E-state index is 11.1. The highest BCUT2D eigenvalue weighted by atomic mass is 16.3. The minimum Gasteiger partial charge on any atom is -0.369 e. The molecule has 0 fully saturated rings. The minimum absolute atomic E-state index is 0.0488. The molecule has 116 valence electrons. The van der Waals surface area contributed by atoms with Gasteiger partial charge in [0.25, 0.3) is 5.91 Å². The average Bonchev–Trinajstić information content (AvgIpc) is 2.55. The first-order chi connectivity index (χ1) is 11.1. The Morgan fingerprint density at radius 2 is 1.87 bits per heavy atom.